The molecule has 3 rings (SSSR count). The summed E-state index contributed by atoms with van der Waals surface area (Å²) >= 11 is 0. The fraction of sp³-hybridized carbons (Fsp3) is 0.167. The highest BCUT2D eigenvalue weighted by Crippen LogP contribution is 2.21. The normalized spacial score (nSPS) is 11.8. The molecule has 20 heavy (non-hydrogen) atoms. The number of nitrogens with zero attached hydrogens (tertiary/aromatic N) is 2. The Bertz CT molecular complexity index is 850. The quantitative estimate of drug-likeness (QED) is 0.763. The van der Waals surface area contributed by atoms with Gasteiger partial charge in [0.15, 0.2) is 5.82 Å². The van der Waals surface area contributed by atoms with Gasteiger partial charge in [0.05, 0.1) is 5.52 Å². The Kier molecular flexibility index (Phi) is 2.94. The maximum absolute atomic E-state index is 12.1. The van der Waals surface area contributed by atoms with Crippen LogP contribution in [0.4, 0.5) is 5.82 Å². The number of fused-ring (bicyclic) bond motifs is 1. The minimum absolute atomic E-state index is 0.258. The number of aromatic nitrogens is 3. The zero-order chi connectivity index (χ0) is 14.2. The number of para-hydroxylation sites is 1. The van der Waals surface area contributed by atoms with Gasteiger partial charge in [-0.3, -0.25) is 9.82 Å². The standard InChI is InChI=1S/C12H12N4O3S/c1-8-6-9(15-19-8)7-20(17,18)16-12-10-4-2-3-5-11(10)13-14-12/h2-6H,7H2,1H3,(H2,13,14,16). The number of anilines is 1. The third-order valence-electron chi connectivity index (χ3n) is 2.74. The third kappa shape index (κ3) is 2.50. The van der Waals surface area contributed by atoms with Gasteiger partial charge in [0, 0.05) is 11.5 Å². The molecule has 0 aliphatic heterocycles. The SMILES string of the molecule is Cc1cc(CS(=O)(=O)Nc2n[nH]c3ccccc23)no1. The van der Waals surface area contributed by atoms with Crippen LogP contribution in [-0.2, 0) is 15.8 Å². The zero-order valence-corrected chi connectivity index (χ0v) is 11.4. The number of hydrogen-bond acceptors (Lipinski definition) is 5. The Labute approximate surface area is 115 Å². The molecule has 0 atom stereocenters. The largest absolute Gasteiger partial charge is 0.361 e. The summed E-state index contributed by atoms with van der Waals surface area (Å²) in [4.78, 5) is 0. The van der Waals surface area contributed by atoms with Crippen molar-refractivity contribution >= 4 is 26.7 Å². The lowest BCUT2D eigenvalue weighted by Gasteiger charge is -2.03. The lowest BCUT2D eigenvalue weighted by atomic mass is 10.2. The highest BCUT2D eigenvalue weighted by Gasteiger charge is 2.17. The minimum atomic E-state index is -3.59. The molecule has 7 nitrogen and oxygen atoms in total. The monoisotopic (exact) mass is 292 g/mol. The van der Waals surface area contributed by atoms with E-state index in [9.17, 15) is 8.42 Å². The van der Waals surface area contributed by atoms with Gasteiger partial charge < -0.3 is 4.52 Å². The molecule has 0 aliphatic carbocycles. The van der Waals surface area contributed by atoms with Crippen molar-refractivity contribution in [3.05, 3.63) is 41.8 Å². The number of aryl methyl sites for hydroxylation is 1. The number of aromatic amines is 1. The summed E-state index contributed by atoms with van der Waals surface area (Å²) in [7, 11) is -3.59. The molecular formula is C12H12N4O3S. The van der Waals surface area contributed by atoms with Crippen molar-refractivity contribution in [2.24, 2.45) is 0 Å². The van der Waals surface area contributed by atoms with Crippen LogP contribution in [0.2, 0.25) is 0 Å². The van der Waals surface area contributed by atoms with Crippen LogP contribution >= 0.6 is 0 Å². The Morgan fingerprint density at radius 2 is 2.15 bits per heavy atom. The second-order valence-corrected chi connectivity index (χ2v) is 6.13. The average molecular weight is 292 g/mol. The maximum atomic E-state index is 12.1. The Morgan fingerprint density at radius 1 is 1.35 bits per heavy atom. The molecule has 1 aromatic carbocycles. The molecule has 0 bridgehead atoms. The molecule has 0 unspecified atom stereocenters. The van der Waals surface area contributed by atoms with Crippen molar-refractivity contribution in [3.63, 3.8) is 0 Å². The predicted molar refractivity (Wildman–Crippen MR) is 73.6 cm³/mol. The molecule has 0 spiro atoms. The maximum Gasteiger partial charge on any atom is 0.239 e. The van der Waals surface area contributed by atoms with Gasteiger partial charge in [0.25, 0.3) is 0 Å². The molecule has 0 saturated heterocycles. The Morgan fingerprint density at radius 3 is 2.90 bits per heavy atom. The minimum Gasteiger partial charge on any atom is -0.361 e. The highest BCUT2D eigenvalue weighted by molar-refractivity contribution is 7.91. The zero-order valence-electron chi connectivity index (χ0n) is 10.6. The van der Waals surface area contributed by atoms with Crippen LogP contribution in [0.3, 0.4) is 0 Å². The summed E-state index contributed by atoms with van der Waals surface area (Å²) < 4.78 is 31.4. The van der Waals surface area contributed by atoms with E-state index >= 15 is 0 Å². The van der Waals surface area contributed by atoms with Gasteiger partial charge in [-0.1, -0.05) is 17.3 Å². The number of rotatable bonds is 4. The van der Waals surface area contributed by atoms with Gasteiger partial charge >= 0.3 is 0 Å². The molecule has 0 saturated carbocycles. The first-order chi connectivity index (χ1) is 9.53. The van der Waals surface area contributed by atoms with E-state index in [4.69, 9.17) is 4.52 Å². The Hall–Kier alpha value is -2.35. The van der Waals surface area contributed by atoms with E-state index in [1.54, 1.807) is 19.1 Å². The summed E-state index contributed by atoms with van der Waals surface area (Å²) in [5, 5.41) is 11.1. The second kappa shape index (κ2) is 4.64. The number of nitrogens with one attached hydrogen (secondary N) is 2. The molecule has 104 valence electrons. The summed E-state index contributed by atoms with van der Waals surface area (Å²) in [6, 6.07) is 8.85. The predicted octanol–water partition coefficient (Wildman–Crippen LogP) is 1.80. The van der Waals surface area contributed by atoms with Crippen LogP contribution in [0.5, 0.6) is 0 Å². The first kappa shape index (κ1) is 12.7. The summed E-state index contributed by atoms with van der Waals surface area (Å²) in [6.07, 6.45) is 0. The number of benzene rings is 1. The van der Waals surface area contributed by atoms with Crippen LogP contribution in [0.25, 0.3) is 10.9 Å². The number of hydrogen-bond donors (Lipinski definition) is 2. The van der Waals surface area contributed by atoms with Crippen molar-refractivity contribution in [1.29, 1.82) is 0 Å². The fourth-order valence-electron chi connectivity index (χ4n) is 1.91. The average Bonchev–Trinajstić information content (AvgIpc) is 2.96. The van der Waals surface area contributed by atoms with E-state index in [1.165, 1.54) is 0 Å². The summed E-state index contributed by atoms with van der Waals surface area (Å²) in [5.74, 6) is 0.590. The molecule has 8 heteroatoms. The number of H-pyrrole nitrogens is 1. The molecule has 0 amide bonds. The number of sulfonamides is 1. The van der Waals surface area contributed by atoms with E-state index in [0.717, 1.165) is 5.52 Å². The molecule has 2 N–H and O–H groups in total. The molecule has 0 aliphatic rings. The highest BCUT2D eigenvalue weighted by atomic mass is 32.2. The summed E-state index contributed by atoms with van der Waals surface area (Å²) in [5.41, 5.74) is 1.12. The van der Waals surface area contributed by atoms with Gasteiger partial charge in [-0.05, 0) is 19.1 Å². The van der Waals surface area contributed by atoms with Crippen LogP contribution in [0.15, 0.2) is 34.9 Å². The van der Waals surface area contributed by atoms with Crippen LogP contribution < -0.4 is 4.72 Å². The fourth-order valence-corrected chi connectivity index (χ4v) is 2.95. The van der Waals surface area contributed by atoms with Crippen molar-refractivity contribution in [2.45, 2.75) is 12.7 Å². The molecule has 3 aromatic rings. The smallest absolute Gasteiger partial charge is 0.239 e. The van der Waals surface area contributed by atoms with E-state index in [-0.39, 0.29) is 11.6 Å². The third-order valence-corrected chi connectivity index (χ3v) is 3.92. The van der Waals surface area contributed by atoms with Gasteiger partial charge in [-0.2, -0.15) is 5.10 Å². The van der Waals surface area contributed by atoms with Gasteiger partial charge in [0.1, 0.15) is 17.2 Å². The summed E-state index contributed by atoms with van der Waals surface area (Å²) in [6.45, 7) is 1.71. The van der Waals surface area contributed by atoms with Crippen molar-refractivity contribution in [3.8, 4) is 0 Å². The second-order valence-electron chi connectivity index (χ2n) is 4.41. The Balaban J connectivity index is 1.86. The van der Waals surface area contributed by atoms with E-state index in [0.29, 0.717) is 16.8 Å². The molecule has 2 aromatic heterocycles. The molecule has 2 heterocycles. The lowest BCUT2D eigenvalue weighted by Crippen LogP contribution is -2.15. The van der Waals surface area contributed by atoms with Gasteiger partial charge in [-0.25, -0.2) is 8.42 Å². The van der Waals surface area contributed by atoms with E-state index in [1.807, 2.05) is 18.2 Å². The van der Waals surface area contributed by atoms with E-state index in [2.05, 4.69) is 20.1 Å². The van der Waals surface area contributed by atoms with Crippen molar-refractivity contribution in [2.75, 3.05) is 4.72 Å². The van der Waals surface area contributed by atoms with Crippen molar-refractivity contribution in [1.82, 2.24) is 15.4 Å². The molecular weight excluding hydrogens is 280 g/mol. The topological polar surface area (TPSA) is 101 Å². The van der Waals surface area contributed by atoms with Gasteiger partial charge in [-0.15, -0.1) is 0 Å². The first-order valence-electron chi connectivity index (χ1n) is 5.89. The van der Waals surface area contributed by atoms with Crippen LogP contribution in [0, 0.1) is 6.92 Å². The van der Waals surface area contributed by atoms with Crippen LogP contribution in [-0.4, -0.2) is 23.8 Å². The molecule has 0 radical (unpaired) electrons. The van der Waals surface area contributed by atoms with E-state index < -0.39 is 10.0 Å². The first-order valence-corrected chi connectivity index (χ1v) is 7.54. The van der Waals surface area contributed by atoms with Gasteiger partial charge in [0.2, 0.25) is 10.0 Å². The van der Waals surface area contributed by atoms with Crippen LogP contribution in [0.1, 0.15) is 11.5 Å². The lowest BCUT2D eigenvalue weighted by molar-refractivity contribution is 0.392. The molecule has 0 fully saturated rings. The van der Waals surface area contributed by atoms with Crippen molar-refractivity contribution < 1.29 is 12.9 Å².